The molecule has 0 unspecified atom stereocenters. The third-order valence-electron chi connectivity index (χ3n) is 3.05. The van der Waals surface area contributed by atoms with Gasteiger partial charge >= 0.3 is 0 Å². The monoisotopic (exact) mass is 252 g/mol. The van der Waals surface area contributed by atoms with E-state index in [-0.39, 0.29) is 5.91 Å². The van der Waals surface area contributed by atoms with Crippen molar-refractivity contribution in [3.8, 4) is 0 Å². The Hall–Kier alpha value is -1.29. The summed E-state index contributed by atoms with van der Waals surface area (Å²) in [6.45, 7) is 12.0. The van der Waals surface area contributed by atoms with Crippen LogP contribution in [-0.2, 0) is 0 Å². The maximum Gasteiger partial charge on any atom is 0.287 e. The largest absolute Gasteiger partial charge is 0.459 e. The number of aryl methyl sites for hydroxylation is 1. The summed E-state index contributed by atoms with van der Waals surface area (Å²) in [6, 6.07) is 2.75. The Labute approximate surface area is 109 Å². The Morgan fingerprint density at radius 1 is 1.33 bits per heavy atom. The summed E-state index contributed by atoms with van der Waals surface area (Å²) >= 11 is 0. The molecule has 0 aliphatic rings. The molecule has 0 aromatic carbocycles. The van der Waals surface area contributed by atoms with E-state index >= 15 is 0 Å². The highest BCUT2D eigenvalue weighted by atomic mass is 16.3. The molecular formula is C14H24N2O2. The number of carbonyl (C=O) groups excluding carboxylic acids is 1. The van der Waals surface area contributed by atoms with E-state index in [9.17, 15) is 4.79 Å². The lowest BCUT2D eigenvalue weighted by Crippen LogP contribution is -2.42. The van der Waals surface area contributed by atoms with Crippen LogP contribution >= 0.6 is 0 Å². The van der Waals surface area contributed by atoms with E-state index in [0.29, 0.717) is 24.4 Å². The summed E-state index contributed by atoms with van der Waals surface area (Å²) in [4.78, 5) is 14.2. The second-order valence-electron chi connectivity index (χ2n) is 5.11. The van der Waals surface area contributed by atoms with Crippen LogP contribution in [0.1, 0.15) is 43.8 Å². The van der Waals surface area contributed by atoms with E-state index in [1.54, 1.807) is 12.3 Å². The summed E-state index contributed by atoms with van der Waals surface area (Å²) in [5.41, 5.74) is 0.872. The maximum atomic E-state index is 11.8. The predicted octanol–water partition coefficient (Wildman–Crippen LogP) is 2.44. The van der Waals surface area contributed by atoms with Crippen molar-refractivity contribution in [3.63, 3.8) is 0 Å². The van der Waals surface area contributed by atoms with Gasteiger partial charge in [-0.3, -0.25) is 9.69 Å². The Balaban J connectivity index is 2.42. The molecule has 0 atom stereocenters. The van der Waals surface area contributed by atoms with Gasteiger partial charge in [0.15, 0.2) is 5.76 Å². The average Bonchev–Trinajstić information content (AvgIpc) is 2.69. The Morgan fingerprint density at radius 2 is 1.94 bits per heavy atom. The molecule has 0 aliphatic carbocycles. The van der Waals surface area contributed by atoms with Gasteiger partial charge in [-0.25, -0.2) is 0 Å². The van der Waals surface area contributed by atoms with Gasteiger partial charge in [0.25, 0.3) is 5.91 Å². The lowest BCUT2D eigenvalue weighted by molar-refractivity contribution is 0.0911. The highest BCUT2D eigenvalue weighted by Crippen LogP contribution is 2.08. The molecule has 0 radical (unpaired) electrons. The molecular weight excluding hydrogens is 228 g/mol. The number of furan rings is 1. The lowest BCUT2D eigenvalue weighted by Gasteiger charge is -2.30. The van der Waals surface area contributed by atoms with Crippen LogP contribution in [0.5, 0.6) is 0 Å². The third-order valence-corrected chi connectivity index (χ3v) is 3.05. The second kappa shape index (κ2) is 6.59. The van der Waals surface area contributed by atoms with Gasteiger partial charge in [0.05, 0.1) is 6.26 Å². The first kappa shape index (κ1) is 14.8. The minimum atomic E-state index is -0.134. The average molecular weight is 252 g/mol. The molecule has 1 aromatic heterocycles. The molecule has 1 amide bonds. The molecule has 1 aromatic rings. The van der Waals surface area contributed by atoms with Crippen molar-refractivity contribution < 1.29 is 9.21 Å². The zero-order chi connectivity index (χ0) is 13.7. The molecule has 0 aliphatic heterocycles. The van der Waals surface area contributed by atoms with Crippen molar-refractivity contribution >= 4 is 5.91 Å². The molecule has 1 heterocycles. The minimum Gasteiger partial charge on any atom is -0.459 e. The highest BCUT2D eigenvalue weighted by Gasteiger charge is 2.15. The molecule has 0 bridgehead atoms. The number of nitrogens with zero attached hydrogens (tertiary/aromatic N) is 1. The molecule has 0 saturated carbocycles. The fourth-order valence-electron chi connectivity index (χ4n) is 2.10. The Bertz CT molecular complexity index is 375. The van der Waals surface area contributed by atoms with Crippen molar-refractivity contribution in [2.45, 2.75) is 46.7 Å². The number of hydrogen-bond donors (Lipinski definition) is 1. The van der Waals surface area contributed by atoms with Crippen LogP contribution in [0.15, 0.2) is 16.7 Å². The van der Waals surface area contributed by atoms with Crippen LogP contribution in [0.4, 0.5) is 0 Å². The normalized spacial score (nSPS) is 11.6. The fourth-order valence-corrected chi connectivity index (χ4v) is 2.10. The molecule has 0 saturated heterocycles. The number of carbonyl (C=O) groups is 1. The molecule has 102 valence electrons. The summed E-state index contributed by atoms with van der Waals surface area (Å²) in [5.74, 6) is 0.278. The van der Waals surface area contributed by atoms with Gasteiger partial charge in [0.1, 0.15) is 0 Å². The first-order valence-corrected chi connectivity index (χ1v) is 6.51. The highest BCUT2D eigenvalue weighted by molar-refractivity contribution is 5.92. The zero-order valence-corrected chi connectivity index (χ0v) is 12.0. The molecule has 1 N–H and O–H groups in total. The zero-order valence-electron chi connectivity index (χ0n) is 12.0. The first-order valence-electron chi connectivity index (χ1n) is 6.51. The van der Waals surface area contributed by atoms with E-state index in [1.807, 2.05) is 6.92 Å². The summed E-state index contributed by atoms with van der Waals surface area (Å²) in [7, 11) is 0. The van der Waals surface area contributed by atoms with E-state index in [4.69, 9.17) is 4.42 Å². The van der Waals surface area contributed by atoms with Crippen molar-refractivity contribution in [2.75, 3.05) is 13.1 Å². The number of rotatable bonds is 6. The fraction of sp³-hybridized carbons (Fsp3) is 0.643. The van der Waals surface area contributed by atoms with Gasteiger partial charge < -0.3 is 9.73 Å². The Kier molecular flexibility index (Phi) is 5.41. The summed E-state index contributed by atoms with van der Waals surface area (Å²) in [5, 5.41) is 2.89. The van der Waals surface area contributed by atoms with E-state index in [2.05, 4.69) is 37.9 Å². The van der Waals surface area contributed by atoms with Crippen LogP contribution < -0.4 is 5.32 Å². The standard InChI is InChI=1S/C14H24N2O2/c1-10(2)16(11(3)4)8-7-15-14(17)13-12(5)6-9-18-13/h6,9-11H,7-8H2,1-5H3,(H,15,17). The molecule has 0 fully saturated rings. The van der Waals surface area contributed by atoms with Crippen molar-refractivity contribution in [2.24, 2.45) is 0 Å². The quantitative estimate of drug-likeness (QED) is 0.845. The van der Waals surface area contributed by atoms with Crippen LogP contribution in [0, 0.1) is 6.92 Å². The number of nitrogens with one attached hydrogen (secondary N) is 1. The van der Waals surface area contributed by atoms with Gasteiger partial charge in [-0.2, -0.15) is 0 Å². The van der Waals surface area contributed by atoms with Crippen molar-refractivity contribution in [3.05, 3.63) is 23.7 Å². The minimum absolute atomic E-state index is 0.134. The molecule has 0 spiro atoms. The van der Waals surface area contributed by atoms with Crippen LogP contribution in [-0.4, -0.2) is 36.0 Å². The number of hydrogen-bond acceptors (Lipinski definition) is 3. The van der Waals surface area contributed by atoms with Gasteiger partial charge in [0.2, 0.25) is 0 Å². The summed E-state index contributed by atoms with van der Waals surface area (Å²) in [6.07, 6.45) is 1.54. The van der Waals surface area contributed by atoms with Gasteiger partial charge in [-0.1, -0.05) is 0 Å². The van der Waals surface area contributed by atoms with Crippen molar-refractivity contribution in [1.29, 1.82) is 0 Å². The van der Waals surface area contributed by atoms with Gasteiger partial charge in [-0.15, -0.1) is 0 Å². The van der Waals surface area contributed by atoms with Gasteiger partial charge in [0, 0.05) is 30.7 Å². The molecule has 18 heavy (non-hydrogen) atoms. The lowest BCUT2D eigenvalue weighted by atomic mass is 10.2. The smallest absolute Gasteiger partial charge is 0.287 e. The van der Waals surface area contributed by atoms with E-state index < -0.39 is 0 Å². The molecule has 4 nitrogen and oxygen atoms in total. The number of amides is 1. The van der Waals surface area contributed by atoms with Crippen LogP contribution in [0.25, 0.3) is 0 Å². The van der Waals surface area contributed by atoms with Crippen LogP contribution in [0.3, 0.4) is 0 Å². The van der Waals surface area contributed by atoms with E-state index in [1.165, 1.54) is 0 Å². The van der Waals surface area contributed by atoms with Crippen LogP contribution in [0.2, 0.25) is 0 Å². The topological polar surface area (TPSA) is 45.5 Å². The Morgan fingerprint density at radius 3 is 2.39 bits per heavy atom. The SMILES string of the molecule is Cc1ccoc1C(=O)NCCN(C(C)C)C(C)C. The van der Waals surface area contributed by atoms with Gasteiger partial charge in [-0.05, 0) is 40.7 Å². The first-order chi connectivity index (χ1) is 8.43. The van der Waals surface area contributed by atoms with E-state index in [0.717, 1.165) is 12.1 Å². The van der Waals surface area contributed by atoms with Crippen molar-refractivity contribution in [1.82, 2.24) is 10.2 Å². The molecule has 4 heteroatoms. The molecule has 1 rings (SSSR count). The maximum absolute atomic E-state index is 11.8. The summed E-state index contributed by atoms with van der Waals surface area (Å²) < 4.78 is 5.15. The second-order valence-corrected chi connectivity index (χ2v) is 5.11. The predicted molar refractivity (Wildman–Crippen MR) is 72.8 cm³/mol. The third kappa shape index (κ3) is 3.88.